The largest absolute Gasteiger partial charge is 0.508 e. The summed E-state index contributed by atoms with van der Waals surface area (Å²) in [4.78, 5) is 47.9. The number of ketones is 1. The summed E-state index contributed by atoms with van der Waals surface area (Å²) in [6.07, 6.45) is 8.53. The molecule has 3 aliphatic rings. The number of phenols is 1. The van der Waals surface area contributed by atoms with Gasteiger partial charge >= 0.3 is 17.8 Å². The third-order valence-corrected chi connectivity index (χ3v) is 16.1. The van der Waals surface area contributed by atoms with Crippen molar-refractivity contribution in [3.05, 3.63) is 261 Å². The minimum atomic E-state index is -4.32. The molecule has 11 rings (SSSR count). The fraction of sp³-hybridized carbons (Fsp3) is 0.250. The second-order valence-electron chi connectivity index (χ2n) is 20.5. The van der Waals surface area contributed by atoms with Gasteiger partial charge in [-0.05, 0) is 182 Å². The van der Waals surface area contributed by atoms with Crippen molar-refractivity contribution in [1.82, 2.24) is 24.8 Å². The van der Waals surface area contributed by atoms with E-state index in [4.69, 9.17) is 0 Å². The summed E-state index contributed by atoms with van der Waals surface area (Å²) in [5.74, 6) is -20.6. The van der Waals surface area contributed by atoms with Gasteiger partial charge in [0.15, 0.2) is 0 Å². The van der Waals surface area contributed by atoms with E-state index in [1.807, 2.05) is 6.07 Å². The molecule has 7 heterocycles. The van der Waals surface area contributed by atoms with E-state index in [2.05, 4.69) is 85.3 Å². The predicted molar refractivity (Wildman–Crippen MR) is 313 cm³/mol. The maximum Gasteiger partial charge on any atom is 0.351 e. The summed E-state index contributed by atoms with van der Waals surface area (Å²) in [7, 11) is 0. The van der Waals surface area contributed by atoms with Crippen LogP contribution in [0.2, 0.25) is 0 Å². The molecule has 0 spiro atoms. The van der Waals surface area contributed by atoms with Gasteiger partial charge in [-0.25, -0.2) is 26.3 Å². The Kier molecular flexibility index (Phi) is 22.3. The zero-order valence-corrected chi connectivity index (χ0v) is 51.0. The quantitative estimate of drug-likeness (QED) is 0.0231. The van der Waals surface area contributed by atoms with E-state index >= 15 is 0 Å². The average Bonchev–Trinajstić information content (AvgIpc) is 0.779. The Morgan fingerprint density at radius 3 is 1.52 bits per heavy atom. The van der Waals surface area contributed by atoms with Gasteiger partial charge < -0.3 is 20.4 Å². The van der Waals surface area contributed by atoms with Gasteiger partial charge in [-0.3, -0.25) is 49.9 Å². The number of phenolic OH excluding ortho intramolecular Hbond substituents is 1. The number of nitro groups is 2. The summed E-state index contributed by atoms with van der Waals surface area (Å²) in [6, 6.07) is 18.0. The highest BCUT2D eigenvalue weighted by molar-refractivity contribution is 9.11. The minimum Gasteiger partial charge on any atom is -0.508 e. The number of Topliss-reactive ketones (excluding diaryl/α,β-unsaturated/α-hetero) is 1. The predicted octanol–water partition coefficient (Wildman–Crippen LogP) is 13.7. The van der Waals surface area contributed by atoms with Crippen LogP contribution in [-0.2, 0) is 29.0 Å². The van der Waals surface area contributed by atoms with Crippen LogP contribution < -0.4 is 0 Å². The Hall–Kier alpha value is -7.81. The molecule has 0 radical (unpaired) electrons. The minimum absolute atomic E-state index is 0.137. The number of rotatable bonds is 16. The maximum absolute atomic E-state index is 14.8. The summed E-state index contributed by atoms with van der Waals surface area (Å²) < 4.78 is 168. The molecule has 7 atom stereocenters. The monoisotopic (exact) mass is 1470 g/mol. The van der Waals surface area contributed by atoms with E-state index < -0.39 is 132 Å². The van der Waals surface area contributed by atoms with Crippen molar-refractivity contribution < 1.29 is 87.8 Å². The maximum atomic E-state index is 14.8. The standard InChI is InChI=1S/C19H22N2O2.2C14H9BrF4N2O3.C13H6BrF4NO/c1-2-12-11-21-8-6-13(12)9-18(21)19(23)15-5-7-20-17-4-3-14(22)10-16(15)17;2*15-8-1-4-12(20-6-8)14(18,19)13(22,7-21(23)24)10-3-2-9(16)5-11(10)17;14-7-1-4-11(19-6-7)13(17,18)12(20)9-3-2-8(15)5-10(9)16/h2-5,7,10,12-13,18-19,22-23H,1,6,8-9,11H2;2*1-6,22H,7H2;1-6H/t12?,13?,18?,19-;2*13-;/m110./s1. The van der Waals surface area contributed by atoms with Crippen LogP contribution in [0.3, 0.4) is 0 Å². The van der Waals surface area contributed by atoms with E-state index in [0.717, 1.165) is 78.8 Å². The van der Waals surface area contributed by atoms with E-state index in [1.54, 1.807) is 24.4 Å². The number of benzene rings is 4. The van der Waals surface area contributed by atoms with E-state index in [0.29, 0.717) is 61.7 Å². The molecule has 31 heteroatoms. The van der Waals surface area contributed by atoms with Gasteiger partial charge in [0.05, 0.1) is 17.2 Å². The summed E-state index contributed by atoms with van der Waals surface area (Å²) in [6.45, 7) is 2.58. The van der Waals surface area contributed by atoms with Crippen LogP contribution in [0.1, 0.15) is 63.1 Å². The Bertz CT molecular complexity index is 3840. The summed E-state index contributed by atoms with van der Waals surface area (Å²) >= 11 is 9.00. The first-order valence-electron chi connectivity index (χ1n) is 26.4. The highest BCUT2D eigenvalue weighted by Gasteiger charge is 2.62. The van der Waals surface area contributed by atoms with Gasteiger partial charge in [0.1, 0.15) is 57.7 Å². The number of hydrogen-bond acceptors (Lipinski definition) is 14. The van der Waals surface area contributed by atoms with Gasteiger partial charge in [-0.15, -0.1) is 6.58 Å². The Balaban J connectivity index is 0.000000173. The van der Waals surface area contributed by atoms with Crippen LogP contribution in [0.4, 0.5) is 52.7 Å². The molecule has 3 saturated heterocycles. The van der Waals surface area contributed by atoms with E-state index in [1.165, 1.54) is 24.6 Å². The second-order valence-corrected chi connectivity index (χ2v) is 23.3. The van der Waals surface area contributed by atoms with Gasteiger partial charge in [-0.1, -0.05) is 6.08 Å². The number of aromatic hydroxyl groups is 1. The molecule has 4 aromatic carbocycles. The average molecular weight is 1480 g/mol. The fourth-order valence-electron chi connectivity index (χ4n) is 10.1. The molecule has 3 fully saturated rings. The topological polar surface area (TPSA) is 239 Å². The van der Waals surface area contributed by atoms with Crippen LogP contribution in [0, 0.1) is 67.0 Å². The van der Waals surface area contributed by atoms with Crippen molar-refractivity contribution in [3.8, 4) is 5.75 Å². The van der Waals surface area contributed by atoms with Gasteiger partial charge in [-0.2, -0.15) is 26.3 Å². The number of fused-ring (bicyclic) bond motifs is 4. The zero-order chi connectivity index (χ0) is 67.1. The number of carbonyl (C=O) groups excluding carboxylic acids is 1. The molecule has 91 heavy (non-hydrogen) atoms. The van der Waals surface area contributed by atoms with Gasteiger partial charge in [0.2, 0.25) is 30.1 Å². The van der Waals surface area contributed by atoms with Crippen LogP contribution in [-0.4, -0.2) is 93.1 Å². The lowest BCUT2D eigenvalue weighted by molar-refractivity contribution is -0.514. The first-order valence-corrected chi connectivity index (χ1v) is 28.7. The third-order valence-electron chi connectivity index (χ3n) is 14.7. The molecule has 480 valence electrons. The van der Waals surface area contributed by atoms with Crippen LogP contribution in [0.25, 0.3) is 10.9 Å². The number of hydrogen-bond donors (Lipinski definition) is 4. The lowest BCUT2D eigenvalue weighted by atomic mass is 9.73. The Labute approximate surface area is 532 Å². The molecule has 3 aliphatic heterocycles. The van der Waals surface area contributed by atoms with E-state index in [9.17, 15) is 98.1 Å². The van der Waals surface area contributed by atoms with E-state index in [-0.39, 0.29) is 23.9 Å². The molecular weight excluding hydrogens is 1430 g/mol. The van der Waals surface area contributed by atoms with Crippen LogP contribution in [0.5, 0.6) is 5.75 Å². The molecule has 4 aromatic heterocycles. The number of aliphatic hydroxyl groups is 3. The zero-order valence-electron chi connectivity index (χ0n) is 46.2. The number of carbonyl (C=O) groups is 1. The van der Waals surface area contributed by atoms with Crippen molar-refractivity contribution >= 4 is 64.5 Å². The molecule has 0 amide bonds. The fourth-order valence-corrected chi connectivity index (χ4v) is 10.8. The molecule has 2 bridgehead atoms. The lowest BCUT2D eigenvalue weighted by Gasteiger charge is -2.50. The number of halogens is 15. The number of pyridine rings is 4. The molecule has 4 unspecified atom stereocenters. The van der Waals surface area contributed by atoms with Crippen molar-refractivity contribution in [2.24, 2.45) is 11.8 Å². The van der Waals surface area contributed by atoms with Crippen LogP contribution >= 0.6 is 47.8 Å². The number of aliphatic hydroxyl groups excluding tert-OH is 1. The summed E-state index contributed by atoms with van der Waals surface area (Å²) in [5.41, 5.74) is -11.4. The van der Waals surface area contributed by atoms with Gasteiger partial charge in [0.25, 0.3) is 0 Å². The Morgan fingerprint density at radius 1 is 0.648 bits per heavy atom. The molecule has 8 aromatic rings. The van der Waals surface area contributed by atoms with Crippen molar-refractivity contribution in [2.45, 2.75) is 54.0 Å². The first-order chi connectivity index (χ1) is 42.6. The number of piperidine rings is 3. The number of aromatic nitrogens is 4. The highest BCUT2D eigenvalue weighted by Crippen LogP contribution is 2.48. The SMILES string of the molecule is C=CC1CN2CCC1CC2[C@H](O)c1ccnc2ccc(O)cc12.O=C(c1ccc(F)cc1F)C(F)(F)c1ccc(Br)cn1.O=[N+]([O-])C[C@@](O)(c1ccc(F)cc1F)C(F)(F)c1ccc(Br)cn1.O=[N+]([O-])C[C@](O)(c1ccc(F)cc1F)C(F)(F)c1ccc(Br)cn1. The Morgan fingerprint density at radius 2 is 1.11 bits per heavy atom. The smallest absolute Gasteiger partial charge is 0.351 e. The molecule has 4 N–H and O–H groups in total. The normalized spacial score (nSPS) is 17.9. The molecule has 0 saturated carbocycles. The van der Waals surface area contributed by atoms with Crippen molar-refractivity contribution in [2.75, 3.05) is 26.2 Å². The van der Waals surface area contributed by atoms with Crippen LogP contribution in [0.15, 0.2) is 166 Å². The molecule has 0 aliphatic carbocycles. The third kappa shape index (κ3) is 15.7. The highest BCUT2D eigenvalue weighted by atomic mass is 79.9. The molecular formula is C60H46Br3F12N7O9. The summed E-state index contributed by atoms with van der Waals surface area (Å²) in [5, 5.41) is 64.0. The second kappa shape index (κ2) is 28.8. The number of alkyl halides is 6. The molecule has 16 nitrogen and oxygen atoms in total. The lowest BCUT2D eigenvalue weighted by Crippen LogP contribution is -2.54. The van der Waals surface area contributed by atoms with Crippen molar-refractivity contribution in [1.29, 1.82) is 0 Å². The first kappa shape index (κ1) is 70.6. The number of nitrogens with zero attached hydrogens (tertiary/aromatic N) is 7. The van der Waals surface area contributed by atoms with Crippen molar-refractivity contribution in [3.63, 3.8) is 0 Å². The van der Waals surface area contributed by atoms with Gasteiger partial charge in [0, 0.05) is 95.4 Å².